The van der Waals surface area contributed by atoms with Gasteiger partial charge in [-0.2, -0.15) is 0 Å². The summed E-state index contributed by atoms with van der Waals surface area (Å²) in [5.74, 6) is -0.298. The van der Waals surface area contributed by atoms with Gasteiger partial charge in [-0.05, 0) is 31.9 Å². The molecule has 0 aliphatic heterocycles. The van der Waals surface area contributed by atoms with Crippen LogP contribution in [-0.4, -0.2) is 36.1 Å². The smallest absolute Gasteiger partial charge is 0.261 e. The predicted octanol–water partition coefficient (Wildman–Crippen LogP) is 1.45. The molecule has 6 heteroatoms. The fourth-order valence-electron chi connectivity index (χ4n) is 2.54. The molecule has 1 aliphatic rings. The molecule has 1 aromatic heterocycles. The van der Waals surface area contributed by atoms with Crippen molar-refractivity contribution in [3.05, 3.63) is 21.9 Å². The van der Waals surface area contributed by atoms with Gasteiger partial charge in [-0.1, -0.05) is 12.8 Å². The third-order valence-electron chi connectivity index (χ3n) is 3.80. The van der Waals surface area contributed by atoms with Crippen LogP contribution in [0, 0.1) is 12.8 Å². The standard InChI is InChI=1S/C15H22N2O3S/c1-10-6-7-13(21-10)15(20)17-9-14(19)16-8-11-4-2-3-5-12(11)18/h6-7,11-12,18H,2-5,8-9H2,1H3,(H,16,19)(H,17,20). The maximum absolute atomic E-state index is 11.8. The van der Waals surface area contributed by atoms with Crippen LogP contribution in [0.3, 0.4) is 0 Å². The predicted molar refractivity (Wildman–Crippen MR) is 82.4 cm³/mol. The minimum Gasteiger partial charge on any atom is -0.393 e. The Morgan fingerprint density at radius 3 is 2.71 bits per heavy atom. The second-order valence-electron chi connectivity index (χ2n) is 5.51. The zero-order valence-electron chi connectivity index (χ0n) is 12.2. The van der Waals surface area contributed by atoms with Gasteiger partial charge in [-0.15, -0.1) is 11.3 Å². The Kier molecular flexibility index (Phi) is 5.76. The molecule has 21 heavy (non-hydrogen) atoms. The van der Waals surface area contributed by atoms with E-state index < -0.39 is 0 Å². The molecule has 0 saturated heterocycles. The largest absolute Gasteiger partial charge is 0.393 e. The average Bonchev–Trinajstić information content (AvgIpc) is 2.90. The van der Waals surface area contributed by atoms with Gasteiger partial charge >= 0.3 is 0 Å². The third kappa shape index (κ3) is 4.82. The molecular weight excluding hydrogens is 288 g/mol. The van der Waals surface area contributed by atoms with Crippen molar-refractivity contribution in [3.63, 3.8) is 0 Å². The van der Waals surface area contributed by atoms with Crippen molar-refractivity contribution in [2.75, 3.05) is 13.1 Å². The van der Waals surface area contributed by atoms with Gasteiger partial charge in [0, 0.05) is 17.3 Å². The molecule has 2 rings (SSSR count). The first-order chi connectivity index (χ1) is 10.1. The molecule has 1 fully saturated rings. The van der Waals surface area contributed by atoms with E-state index in [2.05, 4.69) is 10.6 Å². The SMILES string of the molecule is Cc1ccc(C(=O)NCC(=O)NCC2CCCCC2O)s1. The lowest BCUT2D eigenvalue weighted by Gasteiger charge is -2.27. The van der Waals surface area contributed by atoms with Crippen LogP contribution in [0.1, 0.15) is 40.2 Å². The number of carbonyl (C=O) groups is 2. The van der Waals surface area contributed by atoms with Crippen molar-refractivity contribution in [1.29, 1.82) is 0 Å². The summed E-state index contributed by atoms with van der Waals surface area (Å²) in [6.45, 7) is 2.39. The van der Waals surface area contributed by atoms with Gasteiger partial charge in [-0.25, -0.2) is 0 Å². The van der Waals surface area contributed by atoms with E-state index in [1.165, 1.54) is 11.3 Å². The molecule has 1 aliphatic carbocycles. The van der Waals surface area contributed by atoms with Crippen molar-refractivity contribution in [2.24, 2.45) is 5.92 Å². The summed E-state index contributed by atoms with van der Waals surface area (Å²) >= 11 is 1.41. The van der Waals surface area contributed by atoms with Crippen molar-refractivity contribution in [1.82, 2.24) is 10.6 Å². The molecule has 2 unspecified atom stereocenters. The summed E-state index contributed by atoms with van der Waals surface area (Å²) < 4.78 is 0. The first-order valence-corrected chi connectivity index (χ1v) is 8.17. The monoisotopic (exact) mass is 310 g/mol. The molecule has 2 atom stereocenters. The molecule has 0 radical (unpaired) electrons. The highest BCUT2D eigenvalue weighted by Crippen LogP contribution is 2.23. The molecule has 0 aromatic carbocycles. The molecule has 0 spiro atoms. The highest BCUT2D eigenvalue weighted by molar-refractivity contribution is 7.13. The van der Waals surface area contributed by atoms with Gasteiger partial charge in [-0.3, -0.25) is 9.59 Å². The second-order valence-corrected chi connectivity index (χ2v) is 6.80. The lowest BCUT2D eigenvalue weighted by atomic mass is 9.86. The Balaban J connectivity index is 1.68. The average molecular weight is 310 g/mol. The number of aryl methyl sites for hydroxylation is 1. The minimum atomic E-state index is -0.317. The number of nitrogens with one attached hydrogen (secondary N) is 2. The van der Waals surface area contributed by atoms with E-state index in [1.54, 1.807) is 6.07 Å². The Hall–Kier alpha value is -1.40. The summed E-state index contributed by atoms with van der Waals surface area (Å²) in [6.07, 6.45) is 3.60. The summed E-state index contributed by atoms with van der Waals surface area (Å²) in [5.41, 5.74) is 0. The minimum absolute atomic E-state index is 0.0292. The number of thiophene rings is 1. The van der Waals surface area contributed by atoms with Gasteiger partial charge in [0.05, 0.1) is 17.5 Å². The normalized spacial score (nSPS) is 21.8. The third-order valence-corrected chi connectivity index (χ3v) is 4.80. The Morgan fingerprint density at radius 2 is 2.05 bits per heavy atom. The molecule has 0 bridgehead atoms. The van der Waals surface area contributed by atoms with Crippen molar-refractivity contribution in [3.8, 4) is 0 Å². The zero-order chi connectivity index (χ0) is 15.2. The van der Waals surface area contributed by atoms with E-state index >= 15 is 0 Å². The summed E-state index contributed by atoms with van der Waals surface area (Å²) in [4.78, 5) is 25.2. The van der Waals surface area contributed by atoms with E-state index in [0.29, 0.717) is 11.4 Å². The summed E-state index contributed by atoms with van der Waals surface area (Å²) in [7, 11) is 0. The topological polar surface area (TPSA) is 78.4 Å². The van der Waals surface area contributed by atoms with Gasteiger partial charge in [0.2, 0.25) is 5.91 Å². The highest BCUT2D eigenvalue weighted by Gasteiger charge is 2.23. The molecule has 5 nitrogen and oxygen atoms in total. The van der Waals surface area contributed by atoms with Gasteiger partial charge in [0.1, 0.15) is 0 Å². The number of aliphatic hydroxyl groups excluding tert-OH is 1. The van der Waals surface area contributed by atoms with Crippen molar-refractivity contribution >= 4 is 23.2 Å². The van der Waals surface area contributed by atoms with Crippen LogP contribution in [-0.2, 0) is 4.79 Å². The maximum Gasteiger partial charge on any atom is 0.261 e. The quantitative estimate of drug-likeness (QED) is 0.770. The Labute approximate surface area is 128 Å². The first kappa shape index (κ1) is 16.0. The number of hydrogen-bond donors (Lipinski definition) is 3. The number of hydrogen-bond acceptors (Lipinski definition) is 4. The molecule has 116 valence electrons. The van der Waals surface area contributed by atoms with Crippen LogP contribution >= 0.6 is 11.3 Å². The molecule has 2 amide bonds. The van der Waals surface area contributed by atoms with Gasteiger partial charge in [0.15, 0.2) is 0 Å². The summed E-state index contributed by atoms with van der Waals surface area (Å²) in [6, 6.07) is 3.63. The second kappa shape index (κ2) is 7.56. The van der Waals surface area contributed by atoms with E-state index in [1.807, 2.05) is 13.0 Å². The lowest BCUT2D eigenvalue weighted by Crippen LogP contribution is -2.41. The fourth-order valence-corrected chi connectivity index (χ4v) is 3.32. The van der Waals surface area contributed by atoms with E-state index in [-0.39, 0.29) is 30.4 Å². The van der Waals surface area contributed by atoms with Crippen LogP contribution in [0.5, 0.6) is 0 Å². The van der Waals surface area contributed by atoms with Crippen LogP contribution in [0.4, 0.5) is 0 Å². The van der Waals surface area contributed by atoms with Crippen LogP contribution in [0.2, 0.25) is 0 Å². The zero-order valence-corrected chi connectivity index (χ0v) is 13.0. The molecule has 1 aromatic rings. The van der Waals surface area contributed by atoms with E-state index in [4.69, 9.17) is 0 Å². The van der Waals surface area contributed by atoms with Crippen LogP contribution in [0.25, 0.3) is 0 Å². The van der Waals surface area contributed by atoms with Crippen LogP contribution in [0.15, 0.2) is 12.1 Å². The van der Waals surface area contributed by atoms with E-state index in [9.17, 15) is 14.7 Å². The highest BCUT2D eigenvalue weighted by atomic mass is 32.1. The van der Waals surface area contributed by atoms with Crippen LogP contribution < -0.4 is 10.6 Å². The lowest BCUT2D eigenvalue weighted by molar-refractivity contribution is -0.120. The van der Waals surface area contributed by atoms with Crippen molar-refractivity contribution in [2.45, 2.75) is 38.7 Å². The molecule has 3 N–H and O–H groups in total. The van der Waals surface area contributed by atoms with E-state index in [0.717, 1.165) is 30.6 Å². The van der Waals surface area contributed by atoms with Gasteiger partial charge in [0.25, 0.3) is 5.91 Å². The number of amides is 2. The first-order valence-electron chi connectivity index (χ1n) is 7.35. The fraction of sp³-hybridized carbons (Fsp3) is 0.600. The Bertz CT molecular complexity index is 501. The number of aliphatic hydroxyl groups is 1. The molecule has 1 heterocycles. The summed E-state index contributed by atoms with van der Waals surface area (Å²) in [5, 5.41) is 15.2. The number of carbonyl (C=O) groups excluding carboxylic acids is 2. The maximum atomic E-state index is 11.8. The number of rotatable bonds is 5. The molecule has 1 saturated carbocycles. The van der Waals surface area contributed by atoms with Gasteiger partial charge < -0.3 is 15.7 Å². The molecular formula is C15H22N2O3S. The Morgan fingerprint density at radius 1 is 1.29 bits per heavy atom. The van der Waals surface area contributed by atoms with Crippen molar-refractivity contribution < 1.29 is 14.7 Å².